The molecule has 0 atom stereocenters. The highest BCUT2D eigenvalue weighted by molar-refractivity contribution is 7.13. The van der Waals surface area contributed by atoms with Crippen LogP contribution in [-0.4, -0.2) is 15.0 Å². The van der Waals surface area contributed by atoms with Crippen LogP contribution < -0.4 is 5.73 Å². The fraction of sp³-hybridized carbons (Fsp3) is 0. The zero-order valence-electron chi connectivity index (χ0n) is 8.92. The molecule has 84 valence electrons. The van der Waals surface area contributed by atoms with Gasteiger partial charge in [0.2, 0.25) is 0 Å². The molecule has 0 unspecified atom stereocenters. The predicted molar refractivity (Wildman–Crippen MR) is 69.5 cm³/mol. The fourth-order valence-corrected chi connectivity index (χ4v) is 2.38. The molecule has 0 aliphatic rings. The molecular formula is C12H10N4S. The number of thiazole rings is 1. The molecule has 0 bridgehead atoms. The van der Waals surface area contributed by atoms with Crippen molar-refractivity contribution >= 4 is 17.0 Å². The average Bonchev–Trinajstić information content (AvgIpc) is 3.00. The van der Waals surface area contributed by atoms with Gasteiger partial charge in [0, 0.05) is 29.0 Å². The van der Waals surface area contributed by atoms with Crippen LogP contribution in [0.4, 0.5) is 5.69 Å². The van der Waals surface area contributed by atoms with Crippen molar-refractivity contribution < 1.29 is 0 Å². The Morgan fingerprint density at radius 2 is 2.24 bits per heavy atom. The lowest BCUT2D eigenvalue weighted by Crippen LogP contribution is -1.85. The van der Waals surface area contributed by atoms with Gasteiger partial charge < -0.3 is 10.7 Å². The highest BCUT2D eigenvalue weighted by Gasteiger charge is 2.07. The van der Waals surface area contributed by atoms with Crippen LogP contribution >= 0.6 is 11.3 Å². The molecule has 0 radical (unpaired) electrons. The second-order valence-electron chi connectivity index (χ2n) is 3.60. The van der Waals surface area contributed by atoms with Gasteiger partial charge in [-0.25, -0.2) is 9.97 Å². The van der Waals surface area contributed by atoms with Gasteiger partial charge in [0.05, 0.1) is 5.69 Å². The molecule has 0 saturated carbocycles. The summed E-state index contributed by atoms with van der Waals surface area (Å²) >= 11 is 1.56. The van der Waals surface area contributed by atoms with E-state index in [-0.39, 0.29) is 0 Å². The largest absolute Gasteiger partial charge is 0.399 e. The zero-order chi connectivity index (χ0) is 11.7. The molecule has 4 nitrogen and oxygen atoms in total. The van der Waals surface area contributed by atoms with Gasteiger partial charge >= 0.3 is 0 Å². The molecule has 2 aromatic heterocycles. The first kappa shape index (κ1) is 10.0. The van der Waals surface area contributed by atoms with Gasteiger partial charge in [-0.05, 0) is 12.1 Å². The topological polar surface area (TPSA) is 67.6 Å². The maximum absolute atomic E-state index is 5.75. The summed E-state index contributed by atoms with van der Waals surface area (Å²) in [4.78, 5) is 11.8. The van der Waals surface area contributed by atoms with Crippen molar-refractivity contribution in [3.05, 3.63) is 42.0 Å². The van der Waals surface area contributed by atoms with Crippen molar-refractivity contribution in [2.75, 3.05) is 5.73 Å². The van der Waals surface area contributed by atoms with Crippen LogP contribution in [0.3, 0.4) is 0 Å². The highest BCUT2D eigenvalue weighted by atomic mass is 32.1. The van der Waals surface area contributed by atoms with Gasteiger partial charge in [-0.1, -0.05) is 12.1 Å². The fourth-order valence-electron chi connectivity index (χ4n) is 1.60. The summed E-state index contributed by atoms with van der Waals surface area (Å²) in [6.45, 7) is 0. The lowest BCUT2D eigenvalue weighted by atomic mass is 10.1. The molecule has 1 aromatic carbocycles. The lowest BCUT2D eigenvalue weighted by Gasteiger charge is -1.97. The molecule has 0 fully saturated rings. The van der Waals surface area contributed by atoms with E-state index in [0.717, 1.165) is 27.8 Å². The summed E-state index contributed by atoms with van der Waals surface area (Å²) in [5.41, 5.74) is 8.45. The Hall–Kier alpha value is -2.14. The number of nitrogens with one attached hydrogen (secondary N) is 1. The van der Waals surface area contributed by atoms with Crippen molar-refractivity contribution in [2.24, 2.45) is 0 Å². The third kappa shape index (κ3) is 1.92. The van der Waals surface area contributed by atoms with E-state index in [1.165, 1.54) is 0 Å². The number of nitrogens with zero attached hydrogens (tertiary/aromatic N) is 2. The smallest absolute Gasteiger partial charge is 0.166 e. The molecule has 0 aliphatic heterocycles. The van der Waals surface area contributed by atoms with E-state index in [1.807, 2.05) is 29.6 Å². The van der Waals surface area contributed by atoms with Crippen molar-refractivity contribution in [3.63, 3.8) is 0 Å². The third-order valence-electron chi connectivity index (χ3n) is 2.39. The molecule has 2 heterocycles. The van der Waals surface area contributed by atoms with Gasteiger partial charge in [-0.15, -0.1) is 11.3 Å². The number of rotatable bonds is 2. The lowest BCUT2D eigenvalue weighted by molar-refractivity contribution is 1.27. The normalized spacial score (nSPS) is 10.6. The summed E-state index contributed by atoms with van der Waals surface area (Å²) in [5, 5.41) is 2.89. The van der Waals surface area contributed by atoms with Crippen LogP contribution in [0, 0.1) is 0 Å². The minimum Gasteiger partial charge on any atom is -0.399 e. The number of nitrogen functional groups attached to an aromatic ring is 1. The van der Waals surface area contributed by atoms with E-state index in [9.17, 15) is 0 Å². The van der Waals surface area contributed by atoms with Crippen molar-refractivity contribution in [1.82, 2.24) is 15.0 Å². The van der Waals surface area contributed by atoms with Crippen LogP contribution in [0.25, 0.3) is 22.1 Å². The number of hydrogen-bond donors (Lipinski definition) is 2. The summed E-state index contributed by atoms with van der Waals surface area (Å²) in [6, 6.07) is 7.71. The molecule has 17 heavy (non-hydrogen) atoms. The molecule has 3 rings (SSSR count). The van der Waals surface area contributed by atoms with Crippen molar-refractivity contribution in [1.29, 1.82) is 0 Å². The molecule has 0 saturated heterocycles. The third-order valence-corrected chi connectivity index (χ3v) is 3.24. The monoisotopic (exact) mass is 242 g/mol. The first-order valence-electron chi connectivity index (χ1n) is 5.14. The van der Waals surface area contributed by atoms with Crippen LogP contribution in [0.2, 0.25) is 0 Å². The Kier molecular flexibility index (Phi) is 2.38. The maximum atomic E-state index is 5.75. The number of nitrogens with two attached hydrogens (primary N) is 1. The number of imidazole rings is 1. The minimum absolute atomic E-state index is 0.745. The van der Waals surface area contributed by atoms with Crippen LogP contribution in [0.1, 0.15) is 0 Å². The van der Waals surface area contributed by atoms with E-state index < -0.39 is 0 Å². The van der Waals surface area contributed by atoms with Crippen molar-refractivity contribution in [2.45, 2.75) is 0 Å². The maximum Gasteiger partial charge on any atom is 0.166 e. The van der Waals surface area contributed by atoms with Crippen LogP contribution in [0.5, 0.6) is 0 Å². The summed E-state index contributed by atoms with van der Waals surface area (Å²) in [6.07, 6.45) is 3.51. The highest BCUT2D eigenvalue weighted by Crippen LogP contribution is 2.27. The molecule has 0 spiro atoms. The molecule has 0 aliphatic carbocycles. The van der Waals surface area contributed by atoms with Gasteiger partial charge in [-0.2, -0.15) is 0 Å². The average molecular weight is 242 g/mol. The Bertz CT molecular complexity index is 628. The van der Waals surface area contributed by atoms with Gasteiger partial charge in [0.1, 0.15) is 0 Å². The van der Waals surface area contributed by atoms with E-state index in [4.69, 9.17) is 5.73 Å². The van der Waals surface area contributed by atoms with Gasteiger partial charge in [0.25, 0.3) is 0 Å². The predicted octanol–water partition coefficient (Wildman–Crippen LogP) is 2.78. The van der Waals surface area contributed by atoms with Crippen molar-refractivity contribution in [3.8, 4) is 22.1 Å². The summed E-state index contributed by atoms with van der Waals surface area (Å²) < 4.78 is 0. The Morgan fingerprint density at radius 3 is 3.00 bits per heavy atom. The second-order valence-corrected chi connectivity index (χ2v) is 4.46. The zero-order valence-corrected chi connectivity index (χ0v) is 9.74. The van der Waals surface area contributed by atoms with Gasteiger partial charge in [0.15, 0.2) is 10.8 Å². The molecular weight excluding hydrogens is 232 g/mol. The number of anilines is 1. The number of hydrogen-bond acceptors (Lipinski definition) is 4. The molecule has 0 amide bonds. The Labute approximate surface area is 102 Å². The quantitative estimate of drug-likeness (QED) is 0.679. The number of benzene rings is 1. The molecule has 3 N–H and O–H groups in total. The number of aromatic nitrogens is 3. The molecule has 3 aromatic rings. The first-order valence-corrected chi connectivity index (χ1v) is 6.02. The number of aromatic amines is 1. The van der Waals surface area contributed by atoms with E-state index in [0.29, 0.717) is 0 Å². The van der Waals surface area contributed by atoms with E-state index in [2.05, 4.69) is 15.0 Å². The van der Waals surface area contributed by atoms with E-state index in [1.54, 1.807) is 23.7 Å². The second kappa shape index (κ2) is 4.03. The Balaban J connectivity index is 2.01. The standard InChI is InChI=1S/C12H10N4S/c13-9-3-1-2-8(6-9)10-7-17-12(16-10)11-14-4-5-15-11/h1-7H,13H2,(H,14,15). The summed E-state index contributed by atoms with van der Waals surface area (Å²) in [5.74, 6) is 0.796. The number of H-pyrrole nitrogens is 1. The first-order chi connectivity index (χ1) is 8.33. The van der Waals surface area contributed by atoms with Crippen LogP contribution in [0.15, 0.2) is 42.0 Å². The van der Waals surface area contributed by atoms with Crippen LogP contribution in [-0.2, 0) is 0 Å². The minimum atomic E-state index is 0.745. The molecule has 5 heteroatoms. The summed E-state index contributed by atoms with van der Waals surface area (Å²) in [7, 11) is 0. The Morgan fingerprint density at radius 1 is 1.29 bits per heavy atom. The SMILES string of the molecule is Nc1cccc(-c2csc(-c3ncc[nH]3)n2)c1. The van der Waals surface area contributed by atoms with E-state index >= 15 is 0 Å². The van der Waals surface area contributed by atoms with Gasteiger partial charge in [-0.3, -0.25) is 0 Å².